The summed E-state index contributed by atoms with van der Waals surface area (Å²) in [7, 11) is 0. The molecule has 22 heavy (non-hydrogen) atoms. The van der Waals surface area contributed by atoms with E-state index in [4.69, 9.17) is 9.47 Å². The molecule has 1 saturated heterocycles. The number of carbonyl (C=O) groups is 1. The molecule has 0 aromatic carbocycles. The van der Waals surface area contributed by atoms with Gasteiger partial charge in [0.1, 0.15) is 0 Å². The maximum Gasteiger partial charge on any atom is 0.163 e. The molecule has 0 unspecified atom stereocenters. The van der Waals surface area contributed by atoms with Crippen molar-refractivity contribution in [2.45, 2.75) is 77.8 Å². The second-order valence-electron chi connectivity index (χ2n) is 8.21. The molecule has 0 bridgehead atoms. The summed E-state index contributed by atoms with van der Waals surface area (Å²) in [5.74, 6) is -0.124. The summed E-state index contributed by atoms with van der Waals surface area (Å²) in [5, 5.41) is 10.4. The van der Waals surface area contributed by atoms with Crippen LogP contribution in [0.15, 0.2) is 11.1 Å². The molecule has 0 spiro atoms. The van der Waals surface area contributed by atoms with Crippen molar-refractivity contribution in [3.63, 3.8) is 0 Å². The average Bonchev–Trinajstić information content (AvgIpc) is 2.72. The van der Waals surface area contributed by atoms with Crippen LogP contribution in [-0.4, -0.2) is 35.0 Å². The van der Waals surface area contributed by atoms with Crippen molar-refractivity contribution in [3.8, 4) is 0 Å². The van der Waals surface area contributed by atoms with Crippen molar-refractivity contribution in [2.24, 2.45) is 11.3 Å². The average molecular weight is 308 g/mol. The Morgan fingerprint density at radius 2 is 1.86 bits per heavy atom. The third-order valence-corrected chi connectivity index (χ3v) is 6.19. The number of ether oxygens (including phenoxy) is 2. The predicted octanol–water partition coefficient (Wildman–Crippen LogP) is 2.98. The third kappa shape index (κ3) is 2.36. The Hall–Kier alpha value is -0.710. The van der Waals surface area contributed by atoms with Crippen molar-refractivity contribution < 1.29 is 19.4 Å². The summed E-state index contributed by atoms with van der Waals surface area (Å²) in [4.78, 5) is 12.1. The van der Waals surface area contributed by atoms with E-state index in [-0.39, 0.29) is 23.2 Å². The number of hydrogen-bond acceptors (Lipinski definition) is 4. The molecule has 1 heterocycles. The molecule has 1 saturated carbocycles. The first kappa shape index (κ1) is 16.2. The van der Waals surface area contributed by atoms with Gasteiger partial charge in [0.25, 0.3) is 0 Å². The van der Waals surface area contributed by atoms with Gasteiger partial charge >= 0.3 is 0 Å². The van der Waals surface area contributed by atoms with E-state index < -0.39 is 11.9 Å². The second kappa shape index (κ2) is 4.89. The summed E-state index contributed by atoms with van der Waals surface area (Å²) in [6, 6.07) is 0. The monoisotopic (exact) mass is 308 g/mol. The third-order valence-electron chi connectivity index (χ3n) is 6.19. The fourth-order valence-corrected chi connectivity index (χ4v) is 4.54. The van der Waals surface area contributed by atoms with Crippen LogP contribution in [0, 0.1) is 11.3 Å². The van der Waals surface area contributed by atoms with E-state index in [0.29, 0.717) is 12.5 Å². The smallest absolute Gasteiger partial charge is 0.163 e. The van der Waals surface area contributed by atoms with E-state index in [1.165, 1.54) is 0 Å². The molecule has 1 aliphatic heterocycles. The van der Waals surface area contributed by atoms with Gasteiger partial charge in [-0.25, -0.2) is 0 Å². The van der Waals surface area contributed by atoms with E-state index in [2.05, 4.69) is 13.8 Å². The number of allylic oxidation sites excluding steroid dienone is 1. The molecule has 4 nitrogen and oxygen atoms in total. The second-order valence-corrected chi connectivity index (χ2v) is 8.21. The Balaban J connectivity index is 1.89. The summed E-state index contributed by atoms with van der Waals surface area (Å²) in [6.07, 6.45) is 2.43. The number of rotatable bonds is 1. The first-order chi connectivity index (χ1) is 10.1. The summed E-state index contributed by atoms with van der Waals surface area (Å²) in [6.45, 7) is 10.6. The fourth-order valence-electron chi connectivity index (χ4n) is 4.54. The highest BCUT2D eigenvalue weighted by molar-refractivity contribution is 5.97. The highest BCUT2D eigenvalue weighted by Gasteiger charge is 2.53. The van der Waals surface area contributed by atoms with E-state index >= 15 is 0 Å². The summed E-state index contributed by atoms with van der Waals surface area (Å²) < 4.78 is 12.0. The van der Waals surface area contributed by atoms with Gasteiger partial charge in [-0.3, -0.25) is 4.79 Å². The maximum atomic E-state index is 12.1. The number of fused-ring (bicyclic) bond motifs is 1. The van der Waals surface area contributed by atoms with Gasteiger partial charge in [0.15, 0.2) is 11.6 Å². The van der Waals surface area contributed by atoms with Crippen LogP contribution in [0.5, 0.6) is 0 Å². The van der Waals surface area contributed by atoms with Gasteiger partial charge in [0.05, 0.1) is 18.3 Å². The lowest BCUT2D eigenvalue weighted by atomic mass is 9.58. The van der Waals surface area contributed by atoms with E-state index in [1.54, 1.807) is 0 Å². The Bertz CT molecular complexity index is 535. The molecule has 2 aliphatic carbocycles. The van der Waals surface area contributed by atoms with Crippen LogP contribution < -0.4 is 0 Å². The fraction of sp³-hybridized carbons (Fsp3) is 0.833. The van der Waals surface area contributed by atoms with E-state index in [0.717, 1.165) is 30.4 Å². The minimum Gasteiger partial charge on any atom is -0.392 e. The standard InChI is InChI=1S/C18H28O4/c1-11-13-8-12(18(5)10-21-16(2,3)22-18)6-7-17(13,4)15(20)9-14(11)19/h12,15,20H,6-10H2,1-5H3/t12-,15-,17-,18-/m1/s1. The van der Waals surface area contributed by atoms with Crippen molar-refractivity contribution in [2.75, 3.05) is 6.61 Å². The van der Waals surface area contributed by atoms with E-state index in [9.17, 15) is 9.90 Å². The number of carbonyl (C=O) groups excluding carboxylic acids is 1. The van der Waals surface area contributed by atoms with Gasteiger partial charge in [-0.1, -0.05) is 12.5 Å². The molecule has 0 aromatic rings. The first-order valence-corrected chi connectivity index (χ1v) is 8.33. The van der Waals surface area contributed by atoms with Crippen LogP contribution >= 0.6 is 0 Å². The molecule has 0 amide bonds. The van der Waals surface area contributed by atoms with Crippen LogP contribution in [-0.2, 0) is 14.3 Å². The molecular formula is C18H28O4. The predicted molar refractivity (Wildman–Crippen MR) is 83.3 cm³/mol. The zero-order chi connectivity index (χ0) is 16.3. The lowest BCUT2D eigenvalue weighted by Gasteiger charge is -2.49. The van der Waals surface area contributed by atoms with Crippen LogP contribution in [0.1, 0.15) is 60.3 Å². The highest BCUT2D eigenvalue weighted by Crippen LogP contribution is 2.54. The molecule has 0 radical (unpaired) electrons. The van der Waals surface area contributed by atoms with Gasteiger partial charge in [0.2, 0.25) is 0 Å². The van der Waals surface area contributed by atoms with E-state index in [1.807, 2.05) is 20.8 Å². The normalized spacial score (nSPS) is 45.1. The molecular weight excluding hydrogens is 280 g/mol. The van der Waals surface area contributed by atoms with Gasteiger partial charge < -0.3 is 14.6 Å². The molecule has 124 valence electrons. The number of hydrogen-bond donors (Lipinski definition) is 1. The number of aliphatic hydroxyl groups excluding tert-OH is 1. The lowest BCUT2D eigenvalue weighted by molar-refractivity contribution is -0.172. The van der Waals surface area contributed by atoms with Crippen molar-refractivity contribution in [3.05, 3.63) is 11.1 Å². The molecule has 0 aromatic heterocycles. The summed E-state index contributed by atoms with van der Waals surface area (Å²) >= 11 is 0. The van der Waals surface area contributed by atoms with Gasteiger partial charge in [-0.2, -0.15) is 0 Å². The Morgan fingerprint density at radius 1 is 1.18 bits per heavy atom. The number of ketones is 1. The number of aliphatic hydroxyl groups is 1. The first-order valence-electron chi connectivity index (χ1n) is 8.33. The minimum absolute atomic E-state index is 0.0923. The lowest BCUT2D eigenvalue weighted by Crippen LogP contribution is -2.48. The van der Waals surface area contributed by atoms with Crippen molar-refractivity contribution in [1.82, 2.24) is 0 Å². The molecule has 3 aliphatic rings. The quantitative estimate of drug-likeness (QED) is 0.809. The van der Waals surface area contributed by atoms with Crippen molar-refractivity contribution >= 4 is 5.78 Å². The summed E-state index contributed by atoms with van der Waals surface area (Å²) in [5.41, 5.74) is 1.44. The van der Waals surface area contributed by atoms with Crippen molar-refractivity contribution in [1.29, 1.82) is 0 Å². The van der Waals surface area contributed by atoms with Gasteiger partial charge in [-0.05, 0) is 58.4 Å². The zero-order valence-electron chi connectivity index (χ0n) is 14.4. The molecule has 1 N–H and O–H groups in total. The highest BCUT2D eigenvalue weighted by atomic mass is 16.8. The van der Waals surface area contributed by atoms with Crippen LogP contribution in [0.2, 0.25) is 0 Å². The van der Waals surface area contributed by atoms with Gasteiger partial charge in [-0.15, -0.1) is 0 Å². The van der Waals surface area contributed by atoms with Gasteiger partial charge in [0, 0.05) is 11.8 Å². The topological polar surface area (TPSA) is 55.8 Å². The minimum atomic E-state index is -0.551. The molecule has 2 fully saturated rings. The zero-order valence-corrected chi connectivity index (χ0v) is 14.4. The molecule has 3 rings (SSSR count). The van der Waals surface area contributed by atoms with Crippen LogP contribution in [0.4, 0.5) is 0 Å². The SMILES string of the molecule is CC1=C2C[C@H]([C@@]3(C)COC(C)(C)O3)CC[C@@]2(C)[C@H](O)CC1=O. The Kier molecular flexibility index (Phi) is 3.59. The Labute approximate surface area is 132 Å². The van der Waals surface area contributed by atoms with Crippen LogP contribution in [0.3, 0.4) is 0 Å². The molecule has 4 heteroatoms. The Morgan fingerprint density at radius 3 is 2.45 bits per heavy atom. The number of Topliss-reactive ketones (excluding diaryl/α,β-unsaturated/α-hetero) is 1. The molecule has 4 atom stereocenters. The van der Waals surface area contributed by atoms with Crippen LogP contribution in [0.25, 0.3) is 0 Å². The largest absolute Gasteiger partial charge is 0.392 e. The maximum absolute atomic E-state index is 12.1.